The molecule has 0 heterocycles. The first-order valence-electron chi connectivity index (χ1n) is 12.9. The zero-order valence-corrected chi connectivity index (χ0v) is 20.1. The Morgan fingerprint density at radius 3 is 2.38 bits per heavy atom. The molecule has 4 heteroatoms. The molecule has 0 amide bonds. The van der Waals surface area contributed by atoms with Crippen LogP contribution in [0.15, 0.2) is 42.5 Å². The van der Waals surface area contributed by atoms with Gasteiger partial charge < -0.3 is 4.74 Å². The molecule has 1 saturated carbocycles. The number of aryl methyl sites for hydroxylation is 1. The van der Waals surface area contributed by atoms with Crippen molar-refractivity contribution in [2.45, 2.75) is 89.8 Å². The molecule has 0 radical (unpaired) electrons. The summed E-state index contributed by atoms with van der Waals surface area (Å²) in [5.74, 6) is 8.46. The molecular weight excluding hydrogens is 433 g/mol. The molecule has 0 spiro atoms. The van der Waals surface area contributed by atoms with Crippen LogP contribution in [0.1, 0.15) is 99.3 Å². The number of fused-ring (bicyclic) bond motifs is 3. The Hall–Kier alpha value is -2.41. The molecule has 0 saturated heterocycles. The summed E-state index contributed by atoms with van der Waals surface area (Å²) in [6.45, 7) is 2.27. The number of rotatable bonds is 7. The molecule has 1 nitrogen and oxygen atoms in total. The maximum Gasteiger partial charge on any atom is 0.573 e. The normalized spacial score (nSPS) is 21.7. The summed E-state index contributed by atoms with van der Waals surface area (Å²) in [7, 11) is 0. The van der Waals surface area contributed by atoms with E-state index in [2.05, 4.69) is 41.7 Å². The first-order valence-corrected chi connectivity index (χ1v) is 12.9. The standard InChI is InChI=1S/C30H35F3O/c1-2-3-4-5-6-7-23-12-18-28-25(20-23)14-15-26-21-24(13-19-29(26)28)9-8-22-10-16-27(17-11-22)34-30(31,32)33/h10-11,13,16-17,19,21,23,25,28H,2-7,12,14-15,18,20H2,1H3/t23-,25-,28+/m1/s1. The van der Waals surface area contributed by atoms with E-state index in [0.29, 0.717) is 11.5 Å². The van der Waals surface area contributed by atoms with Crippen LogP contribution in [0, 0.1) is 23.7 Å². The van der Waals surface area contributed by atoms with Crippen LogP contribution in [0.3, 0.4) is 0 Å². The Bertz CT molecular complexity index is 996. The van der Waals surface area contributed by atoms with Crippen LogP contribution >= 0.6 is 0 Å². The summed E-state index contributed by atoms with van der Waals surface area (Å²) in [5, 5.41) is 0. The summed E-state index contributed by atoms with van der Waals surface area (Å²) in [4.78, 5) is 0. The van der Waals surface area contributed by atoms with E-state index in [4.69, 9.17) is 0 Å². The van der Waals surface area contributed by atoms with Crippen molar-refractivity contribution in [3.8, 4) is 17.6 Å². The van der Waals surface area contributed by atoms with Gasteiger partial charge in [-0.2, -0.15) is 0 Å². The van der Waals surface area contributed by atoms with Crippen LogP contribution < -0.4 is 4.74 Å². The Balaban J connectivity index is 1.34. The summed E-state index contributed by atoms with van der Waals surface area (Å²) in [6.07, 6.45) is 10.1. The Morgan fingerprint density at radius 2 is 1.62 bits per heavy atom. The van der Waals surface area contributed by atoms with E-state index in [0.717, 1.165) is 23.8 Å². The molecule has 0 bridgehead atoms. The summed E-state index contributed by atoms with van der Waals surface area (Å²) >= 11 is 0. The lowest BCUT2D eigenvalue weighted by molar-refractivity contribution is -0.274. The highest BCUT2D eigenvalue weighted by atomic mass is 19.4. The lowest BCUT2D eigenvalue weighted by Crippen LogP contribution is -2.28. The van der Waals surface area contributed by atoms with Crippen LogP contribution in [0.5, 0.6) is 5.75 Å². The molecule has 182 valence electrons. The topological polar surface area (TPSA) is 9.23 Å². The van der Waals surface area contributed by atoms with Gasteiger partial charge in [0, 0.05) is 11.1 Å². The predicted octanol–water partition coefficient (Wildman–Crippen LogP) is 8.79. The van der Waals surface area contributed by atoms with Crippen molar-refractivity contribution in [1.29, 1.82) is 0 Å². The molecular formula is C30H35F3O. The lowest BCUT2D eigenvalue weighted by Gasteiger charge is -2.40. The Morgan fingerprint density at radius 1 is 0.882 bits per heavy atom. The van der Waals surface area contributed by atoms with E-state index in [1.165, 1.54) is 87.5 Å². The molecule has 2 aromatic rings. The van der Waals surface area contributed by atoms with E-state index in [-0.39, 0.29) is 5.75 Å². The predicted molar refractivity (Wildman–Crippen MR) is 131 cm³/mol. The number of alkyl halides is 3. The Labute approximate surface area is 202 Å². The third-order valence-electron chi connectivity index (χ3n) is 7.57. The molecule has 3 atom stereocenters. The summed E-state index contributed by atoms with van der Waals surface area (Å²) in [6, 6.07) is 12.3. The van der Waals surface area contributed by atoms with Gasteiger partial charge in [0.1, 0.15) is 5.75 Å². The van der Waals surface area contributed by atoms with Crippen molar-refractivity contribution in [2.75, 3.05) is 0 Å². The van der Waals surface area contributed by atoms with E-state index >= 15 is 0 Å². The van der Waals surface area contributed by atoms with Crippen LogP contribution in [-0.2, 0) is 6.42 Å². The van der Waals surface area contributed by atoms with Gasteiger partial charge >= 0.3 is 6.36 Å². The van der Waals surface area contributed by atoms with Gasteiger partial charge in [-0.25, -0.2) is 0 Å². The number of halogens is 3. The average Bonchev–Trinajstić information content (AvgIpc) is 2.82. The number of ether oxygens (including phenoxy) is 1. The number of hydrogen-bond acceptors (Lipinski definition) is 1. The van der Waals surface area contributed by atoms with E-state index < -0.39 is 6.36 Å². The van der Waals surface area contributed by atoms with Gasteiger partial charge in [0.2, 0.25) is 0 Å². The third-order valence-corrected chi connectivity index (χ3v) is 7.57. The van der Waals surface area contributed by atoms with Crippen molar-refractivity contribution < 1.29 is 17.9 Å². The SMILES string of the molecule is CCCCCCC[C@@H]1CC[C@@H]2c3ccc(C#Cc4ccc(OC(F)(F)F)cc4)cc3CC[C@@H]2C1. The fourth-order valence-electron chi connectivity index (χ4n) is 5.88. The van der Waals surface area contributed by atoms with Crippen molar-refractivity contribution in [1.82, 2.24) is 0 Å². The van der Waals surface area contributed by atoms with E-state index in [1.807, 2.05) is 0 Å². The molecule has 0 N–H and O–H groups in total. The molecule has 2 aliphatic carbocycles. The van der Waals surface area contributed by atoms with E-state index in [9.17, 15) is 13.2 Å². The maximum absolute atomic E-state index is 12.3. The second-order valence-corrected chi connectivity index (χ2v) is 10.0. The quantitative estimate of drug-likeness (QED) is 0.291. The monoisotopic (exact) mass is 468 g/mol. The highest BCUT2D eigenvalue weighted by Gasteiger charge is 2.35. The second-order valence-electron chi connectivity index (χ2n) is 10.0. The van der Waals surface area contributed by atoms with Crippen LogP contribution in [0.2, 0.25) is 0 Å². The van der Waals surface area contributed by atoms with Crippen LogP contribution in [0.25, 0.3) is 0 Å². The van der Waals surface area contributed by atoms with Crippen LogP contribution in [0.4, 0.5) is 13.2 Å². The molecule has 0 aliphatic heterocycles. The number of benzene rings is 2. The van der Waals surface area contributed by atoms with Gasteiger partial charge in [0.05, 0.1) is 0 Å². The average molecular weight is 469 g/mol. The van der Waals surface area contributed by atoms with Crippen molar-refractivity contribution >= 4 is 0 Å². The highest BCUT2D eigenvalue weighted by Crippen LogP contribution is 2.48. The van der Waals surface area contributed by atoms with Crippen LogP contribution in [-0.4, -0.2) is 6.36 Å². The number of hydrogen-bond donors (Lipinski definition) is 0. The van der Waals surface area contributed by atoms with Crippen molar-refractivity contribution in [3.63, 3.8) is 0 Å². The summed E-state index contributed by atoms with van der Waals surface area (Å²) in [5.41, 5.74) is 4.59. The summed E-state index contributed by atoms with van der Waals surface area (Å²) < 4.78 is 40.8. The molecule has 2 aliphatic rings. The van der Waals surface area contributed by atoms with Gasteiger partial charge in [-0.1, -0.05) is 63.4 Å². The zero-order valence-electron chi connectivity index (χ0n) is 20.1. The third kappa shape index (κ3) is 6.81. The molecule has 1 fully saturated rings. The molecule has 4 rings (SSSR count). The first-order chi connectivity index (χ1) is 16.4. The second kappa shape index (κ2) is 11.3. The minimum atomic E-state index is -4.68. The first kappa shape index (κ1) is 24.7. The molecule has 2 aromatic carbocycles. The largest absolute Gasteiger partial charge is 0.573 e. The van der Waals surface area contributed by atoms with E-state index in [1.54, 1.807) is 12.1 Å². The van der Waals surface area contributed by atoms with Gasteiger partial charge in [0.15, 0.2) is 0 Å². The number of unbranched alkanes of at least 4 members (excludes halogenated alkanes) is 4. The van der Waals surface area contributed by atoms with Gasteiger partial charge in [-0.05, 0) is 97.4 Å². The zero-order chi connectivity index (χ0) is 24.0. The van der Waals surface area contributed by atoms with Crippen molar-refractivity contribution in [3.05, 3.63) is 64.7 Å². The van der Waals surface area contributed by atoms with Gasteiger partial charge in [0.25, 0.3) is 0 Å². The highest BCUT2D eigenvalue weighted by molar-refractivity contribution is 5.48. The molecule has 0 unspecified atom stereocenters. The molecule has 0 aromatic heterocycles. The minimum absolute atomic E-state index is 0.229. The minimum Gasteiger partial charge on any atom is -0.406 e. The van der Waals surface area contributed by atoms with Crippen molar-refractivity contribution in [2.24, 2.45) is 11.8 Å². The smallest absolute Gasteiger partial charge is 0.406 e. The fraction of sp³-hybridized carbons (Fsp3) is 0.533. The van der Waals surface area contributed by atoms with Gasteiger partial charge in [-0.15, -0.1) is 13.2 Å². The fourth-order valence-corrected chi connectivity index (χ4v) is 5.88. The molecule has 34 heavy (non-hydrogen) atoms. The maximum atomic E-state index is 12.3. The lowest BCUT2D eigenvalue weighted by atomic mass is 9.64. The Kier molecular flexibility index (Phi) is 8.24. The van der Waals surface area contributed by atoms with Gasteiger partial charge in [-0.3, -0.25) is 0 Å².